The van der Waals surface area contributed by atoms with E-state index in [0.29, 0.717) is 17.0 Å². The van der Waals surface area contributed by atoms with Gasteiger partial charge in [0.05, 0.1) is 16.6 Å². The number of carbonyl (C=O) groups is 2. The zero-order valence-electron chi connectivity index (χ0n) is 12.7. The van der Waals surface area contributed by atoms with Crippen LogP contribution < -0.4 is 0 Å². The second-order valence-corrected chi connectivity index (χ2v) is 6.12. The van der Waals surface area contributed by atoms with Crippen LogP contribution in [-0.2, 0) is 11.3 Å². The average Bonchev–Trinajstić information content (AvgIpc) is 2.81. The summed E-state index contributed by atoms with van der Waals surface area (Å²) in [7, 11) is 0. The van der Waals surface area contributed by atoms with Crippen molar-refractivity contribution < 1.29 is 19.1 Å². The van der Waals surface area contributed by atoms with Crippen molar-refractivity contribution in [1.82, 2.24) is 4.90 Å². The molecule has 0 spiro atoms. The van der Waals surface area contributed by atoms with Crippen molar-refractivity contribution >= 4 is 23.5 Å². The molecule has 1 aliphatic rings. The maximum atomic E-state index is 13.1. The summed E-state index contributed by atoms with van der Waals surface area (Å²) in [5.74, 6) is -1.49. The van der Waals surface area contributed by atoms with Crippen molar-refractivity contribution in [2.45, 2.75) is 25.4 Å². The minimum absolute atomic E-state index is 0.0518. The van der Waals surface area contributed by atoms with E-state index < -0.39 is 5.97 Å². The van der Waals surface area contributed by atoms with E-state index in [1.54, 1.807) is 35.2 Å². The number of fused-ring (bicyclic) bond motifs is 1. The second-order valence-electron chi connectivity index (χ2n) is 5.71. The molecule has 1 heterocycles. The first-order valence-electron chi connectivity index (χ1n) is 7.53. The highest BCUT2D eigenvalue weighted by molar-refractivity contribution is 6.34. The first kappa shape index (κ1) is 16.5. The molecule has 0 radical (unpaired) electrons. The molecule has 0 saturated carbocycles. The maximum absolute atomic E-state index is 13.1. The van der Waals surface area contributed by atoms with Crippen molar-refractivity contribution in [3.63, 3.8) is 0 Å². The Labute approximate surface area is 143 Å². The van der Waals surface area contributed by atoms with Gasteiger partial charge in [-0.25, -0.2) is 4.39 Å². The third-order valence-corrected chi connectivity index (χ3v) is 4.47. The Hall–Kier alpha value is -2.40. The van der Waals surface area contributed by atoms with Crippen LogP contribution in [0.3, 0.4) is 0 Å². The molecule has 0 aromatic heterocycles. The van der Waals surface area contributed by atoms with Crippen LogP contribution in [0.15, 0.2) is 42.5 Å². The van der Waals surface area contributed by atoms with Gasteiger partial charge in [-0.3, -0.25) is 9.59 Å². The zero-order chi connectivity index (χ0) is 17.3. The molecule has 2 aromatic rings. The lowest BCUT2D eigenvalue weighted by Gasteiger charge is -2.25. The first-order chi connectivity index (χ1) is 11.5. The lowest BCUT2D eigenvalue weighted by atomic mass is 10.0. The smallest absolute Gasteiger partial charge is 0.303 e. The Morgan fingerprint density at radius 2 is 1.92 bits per heavy atom. The van der Waals surface area contributed by atoms with Crippen molar-refractivity contribution in [3.05, 3.63) is 70.0 Å². The quantitative estimate of drug-likeness (QED) is 0.888. The van der Waals surface area contributed by atoms with Crippen LogP contribution in [0, 0.1) is 5.82 Å². The van der Waals surface area contributed by atoms with E-state index in [1.807, 2.05) is 0 Å². The van der Waals surface area contributed by atoms with Crippen molar-refractivity contribution in [1.29, 1.82) is 0 Å². The van der Waals surface area contributed by atoms with E-state index in [0.717, 1.165) is 11.1 Å². The molecule has 3 rings (SSSR count). The number of carboxylic acid groups (broad SMARTS) is 1. The lowest BCUT2D eigenvalue weighted by molar-refractivity contribution is -0.137. The molecule has 0 bridgehead atoms. The van der Waals surface area contributed by atoms with Gasteiger partial charge in [0, 0.05) is 13.0 Å². The highest BCUT2D eigenvalue weighted by Crippen LogP contribution is 2.40. The number of carboxylic acids is 1. The molecule has 2 aromatic carbocycles. The monoisotopic (exact) mass is 347 g/mol. The van der Waals surface area contributed by atoms with Crippen molar-refractivity contribution in [2.24, 2.45) is 0 Å². The van der Waals surface area contributed by atoms with Gasteiger partial charge >= 0.3 is 5.97 Å². The van der Waals surface area contributed by atoms with Crippen molar-refractivity contribution in [2.75, 3.05) is 0 Å². The third kappa shape index (κ3) is 3.12. The number of halogens is 2. The number of hydrogen-bond donors (Lipinski definition) is 1. The van der Waals surface area contributed by atoms with Crippen LogP contribution in [0.2, 0.25) is 5.02 Å². The summed E-state index contributed by atoms with van der Waals surface area (Å²) in [6, 6.07) is 10.7. The highest BCUT2D eigenvalue weighted by atomic mass is 35.5. The SMILES string of the molecule is O=C(O)CCC1c2cccc(Cl)c2C(=O)N1Cc1ccc(F)cc1. The maximum Gasteiger partial charge on any atom is 0.303 e. The molecule has 24 heavy (non-hydrogen) atoms. The van der Waals surface area contributed by atoms with Crippen LogP contribution in [0.4, 0.5) is 4.39 Å². The molecule has 6 heteroatoms. The summed E-state index contributed by atoms with van der Waals surface area (Å²) in [5.41, 5.74) is 1.95. The molecule has 0 saturated heterocycles. The first-order valence-corrected chi connectivity index (χ1v) is 7.91. The van der Waals surface area contributed by atoms with Gasteiger partial charge in [-0.15, -0.1) is 0 Å². The molecule has 124 valence electrons. The summed E-state index contributed by atoms with van der Waals surface area (Å²) >= 11 is 6.17. The number of carbonyl (C=O) groups excluding carboxylic acids is 1. The van der Waals surface area contributed by atoms with E-state index in [4.69, 9.17) is 16.7 Å². The minimum atomic E-state index is -0.917. The molecule has 1 N–H and O–H groups in total. The zero-order valence-corrected chi connectivity index (χ0v) is 13.5. The fraction of sp³-hybridized carbons (Fsp3) is 0.222. The molecule has 1 amide bonds. The van der Waals surface area contributed by atoms with Crippen LogP contribution in [0.5, 0.6) is 0 Å². The van der Waals surface area contributed by atoms with Gasteiger partial charge in [0.1, 0.15) is 5.82 Å². The third-order valence-electron chi connectivity index (χ3n) is 4.15. The summed E-state index contributed by atoms with van der Waals surface area (Å²) < 4.78 is 13.1. The topological polar surface area (TPSA) is 57.6 Å². The fourth-order valence-corrected chi connectivity index (χ4v) is 3.30. The average molecular weight is 348 g/mol. The molecule has 1 aliphatic heterocycles. The van der Waals surface area contributed by atoms with E-state index in [-0.39, 0.29) is 30.7 Å². The number of hydrogen-bond acceptors (Lipinski definition) is 2. The van der Waals surface area contributed by atoms with Gasteiger partial charge in [-0.05, 0) is 35.7 Å². The van der Waals surface area contributed by atoms with Gasteiger partial charge in [-0.2, -0.15) is 0 Å². The number of nitrogens with zero attached hydrogens (tertiary/aromatic N) is 1. The van der Waals surface area contributed by atoms with Crippen LogP contribution >= 0.6 is 11.6 Å². The Morgan fingerprint density at radius 1 is 1.21 bits per heavy atom. The molecule has 1 atom stereocenters. The van der Waals surface area contributed by atoms with Gasteiger partial charge < -0.3 is 10.0 Å². The highest BCUT2D eigenvalue weighted by Gasteiger charge is 2.38. The number of amides is 1. The second kappa shape index (κ2) is 6.61. The molecule has 4 nitrogen and oxygen atoms in total. The number of aliphatic carboxylic acids is 1. The summed E-state index contributed by atoms with van der Waals surface area (Å²) in [6.07, 6.45) is 0.249. The van der Waals surface area contributed by atoms with E-state index in [1.165, 1.54) is 12.1 Å². The standard InChI is InChI=1S/C18H15ClFNO3/c19-14-3-1-2-13-15(8-9-16(22)23)21(18(24)17(13)14)10-11-4-6-12(20)7-5-11/h1-7,15H,8-10H2,(H,22,23). The van der Waals surface area contributed by atoms with E-state index in [9.17, 15) is 14.0 Å². The van der Waals surface area contributed by atoms with Crippen LogP contribution in [0.1, 0.15) is 40.4 Å². The minimum Gasteiger partial charge on any atom is -0.481 e. The summed E-state index contributed by atoms with van der Waals surface area (Å²) in [5, 5.41) is 9.34. The predicted octanol–water partition coefficient (Wildman–Crippen LogP) is 4.04. The van der Waals surface area contributed by atoms with Crippen LogP contribution in [0.25, 0.3) is 0 Å². The summed E-state index contributed by atoms with van der Waals surface area (Å²) in [4.78, 5) is 25.3. The fourth-order valence-electron chi connectivity index (χ4n) is 3.04. The Kier molecular flexibility index (Phi) is 4.53. The van der Waals surface area contributed by atoms with E-state index in [2.05, 4.69) is 0 Å². The summed E-state index contributed by atoms with van der Waals surface area (Å²) in [6.45, 7) is 0.272. The Morgan fingerprint density at radius 3 is 2.58 bits per heavy atom. The van der Waals surface area contributed by atoms with Gasteiger partial charge in [0.25, 0.3) is 5.91 Å². The van der Waals surface area contributed by atoms with Gasteiger partial charge in [0.15, 0.2) is 0 Å². The molecule has 0 fully saturated rings. The van der Waals surface area contributed by atoms with Gasteiger partial charge in [-0.1, -0.05) is 35.9 Å². The van der Waals surface area contributed by atoms with Crippen molar-refractivity contribution in [3.8, 4) is 0 Å². The molecule has 0 aliphatic carbocycles. The number of rotatable bonds is 5. The lowest BCUT2D eigenvalue weighted by Crippen LogP contribution is -2.28. The molecular weight excluding hydrogens is 333 g/mol. The van der Waals surface area contributed by atoms with E-state index >= 15 is 0 Å². The normalized spacial score (nSPS) is 16.3. The Balaban J connectivity index is 1.93. The van der Waals surface area contributed by atoms with Gasteiger partial charge in [0.2, 0.25) is 0 Å². The largest absolute Gasteiger partial charge is 0.481 e. The Bertz CT molecular complexity index is 791. The van der Waals surface area contributed by atoms with Crippen LogP contribution in [-0.4, -0.2) is 21.9 Å². The predicted molar refractivity (Wildman–Crippen MR) is 87.3 cm³/mol. The molecule has 1 unspecified atom stereocenters. The molecular formula is C18H15ClFNO3. The number of benzene rings is 2.